The topological polar surface area (TPSA) is 38.7 Å². The molecular weight excluding hydrogens is 462 g/mol. The second-order valence-corrected chi connectivity index (χ2v) is 9.29. The lowest BCUT2D eigenvalue weighted by atomic mass is 9.86. The molecule has 38 heavy (non-hydrogen) atoms. The van der Waals surface area contributed by atoms with E-state index in [2.05, 4.69) is 113 Å². The van der Waals surface area contributed by atoms with Gasteiger partial charge >= 0.3 is 0 Å². The summed E-state index contributed by atoms with van der Waals surface area (Å²) < 4.78 is 0. The summed E-state index contributed by atoms with van der Waals surface area (Å²) in [5.74, 6) is 1.33. The molecule has 0 saturated heterocycles. The molecule has 0 fully saturated rings. The lowest BCUT2D eigenvalue weighted by Gasteiger charge is -2.18. The quantitative estimate of drug-likeness (QED) is 0.234. The lowest BCUT2D eigenvalue weighted by molar-refractivity contribution is 1.07. The molecule has 3 heteroatoms. The number of fused-ring (bicyclic) bond motifs is 2. The molecule has 178 valence electrons. The minimum Gasteiger partial charge on any atom is -0.217 e. The molecule has 0 atom stereocenters. The van der Waals surface area contributed by atoms with Crippen molar-refractivity contribution in [2.24, 2.45) is 0 Å². The summed E-state index contributed by atoms with van der Waals surface area (Å²) in [6, 6.07) is 46.6. The van der Waals surface area contributed by atoms with Crippen molar-refractivity contribution in [3.8, 4) is 45.0 Å². The first kappa shape index (κ1) is 22.1. The van der Waals surface area contributed by atoms with E-state index in [1.807, 2.05) is 30.3 Å². The molecule has 0 aliphatic rings. The molecule has 1 aromatic heterocycles. The number of aromatic nitrogens is 3. The Labute approximate surface area is 221 Å². The van der Waals surface area contributed by atoms with Crippen LogP contribution >= 0.6 is 0 Å². The van der Waals surface area contributed by atoms with E-state index < -0.39 is 0 Å². The van der Waals surface area contributed by atoms with E-state index in [4.69, 9.17) is 4.98 Å². The van der Waals surface area contributed by atoms with Gasteiger partial charge in [-0.3, -0.25) is 0 Å². The van der Waals surface area contributed by atoms with E-state index in [1.165, 1.54) is 38.2 Å². The van der Waals surface area contributed by atoms with Gasteiger partial charge in [0.1, 0.15) is 6.33 Å². The molecule has 0 unspecified atom stereocenters. The van der Waals surface area contributed by atoms with Crippen LogP contribution in [0.4, 0.5) is 0 Å². The Morgan fingerprint density at radius 3 is 1.34 bits per heavy atom. The third-order valence-electron chi connectivity index (χ3n) is 7.01. The zero-order chi connectivity index (χ0) is 25.3. The molecule has 0 N–H and O–H groups in total. The van der Waals surface area contributed by atoms with Gasteiger partial charge in [0.25, 0.3) is 0 Å². The van der Waals surface area contributed by atoms with Crippen LogP contribution in [-0.2, 0) is 0 Å². The van der Waals surface area contributed by atoms with Crippen LogP contribution in [0.15, 0.2) is 140 Å². The minimum atomic E-state index is 0.662. The zero-order valence-corrected chi connectivity index (χ0v) is 20.6. The zero-order valence-electron chi connectivity index (χ0n) is 20.6. The number of rotatable bonds is 4. The maximum atomic E-state index is 4.80. The van der Waals surface area contributed by atoms with Crippen molar-refractivity contribution in [1.29, 1.82) is 0 Å². The Morgan fingerprint density at radius 1 is 0.342 bits per heavy atom. The summed E-state index contributed by atoms with van der Waals surface area (Å²) >= 11 is 0. The van der Waals surface area contributed by atoms with Crippen LogP contribution in [0.5, 0.6) is 0 Å². The molecular formula is C35H23N3. The van der Waals surface area contributed by atoms with E-state index in [0.29, 0.717) is 11.6 Å². The van der Waals surface area contributed by atoms with E-state index >= 15 is 0 Å². The summed E-state index contributed by atoms with van der Waals surface area (Å²) in [4.78, 5) is 13.7. The van der Waals surface area contributed by atoms with Gasteiger partial charge in [-0.25, -0.2) is 15.0 Å². The van der Waals surface area contributed by atoms with Gasteiger partial charge in [0.15, 0.2) is 11.6 Å². The van der Waals surface area contributed by atoms with Gasteiger partial charge in [-0.1, -0.05) is 127 Å². The van der Waals surface area contributed by atoms with Crippen LogP contribution in [0.25, 0.3) is 66.6 Å². The molecule has 0 amide bonds. The Bertz CT molecular complexity index is 1850. The molecule has 7 aromatic rings. The van der Waals surface area contributed by atoms with Gasteiger partial charge in [-0.2, -0.15) is 0 Å². The highest BCUT2D eigenvalue weighted by atomic mass is 15.0. The first-order valence-corrected chi connectivity index (χ1v) is 12.7. The first-order chi connectivity index (χ1) is 18.9. The van der Waals surface area contributed by atoms with Gasteiger partial charge in [-0.15, -0.1) is 0 Å². The Hall–Kier alpha value is -5.15. The fraction of sp³-hybridized carbons (Fsp3) is 0. The molecule has 0 spiro atoms. The molecule has 7 rings (SSSR count). The summed E-state index contributed by atoms with van der Waals surface area (Å²) in [6.45, 7) is 0. The van der Waals surface area contributed by atoms with E-state index in [9.17, 15) is 0 Å². The summed E-state index contributed by atoms with van der Waals surface area (Å²) in [6.07, 6.45) is 1.59. The maximum Gasteiger partial charge on any atom is 0.163 e. The van der Waals surface area contributed by atoms with E-state index in [0.717, 1.165) is 16.7 Å². The van der Waals surface area contributed by atoms with Crippen molar-refractivity contribution in [2.45, 2.75) is 0 Å². The number of nitrogens with zero attached hydrogens (tertiary/aromatic N) is 3. The Kier molecular flexibility index (Phi) is 5.45. The predicted molar refractivity (Wildman–Crippen MR) is 157 cm³/mol. The van der Waals surface area contributed by atoms with Gasteiger partial charge < -0.3 is 0 Å². The number of benzene rings is 6. The normalized spacial score (nSPS) is 11.2. The van der Waals surface area contributed by atoms with Gasteiger partial charge in [0.2, 0.25) is 0 Å². The standard InChI is InChI=1S/C35H23N3/c1-3-12-24(13-4-1)32-28-18-7-9-20-30(28)33(31-21-10-8-19-29(31)32)26-16-11-17-27(22-26)35-37-23-36-34(38-35)25-14-5-2-6-15-25/h1-23H. The average Bonchev–Trinajstić information content (AvgIpc) is 3.01. The third-order valence-corrected chi connectivity index (χ3v) is 7.01. The molecule has 0 bridgehead atoms. The van der Waals surface area contributed by atoms with Crippen molar-refractivity contribution in [2.75, 3.05) is 0 Å². The van der Waals surface area contributed by atoms with Crippen molar-refractivity contribution in [3.05, 3.63) is 140 Å². The average molecular weight is 486 g/mol. The highest BCUT2D eigenvalue weighted by Crippen LogP contribution is 2.43. The van der Waals surface area contributed by atoms with E-state index in [-0.39, 0.29) is 0 Å². The largest absolute Gasteiger partial charge is 0.217 e. The highest BCUT2D eigenvalue weighted by Gasteiger charge is 2.17. The van der Waals surface area contributed by atoms with E-state index in [1.54, 1.807) is 6.33 Å². The van der Waals surface area contributed by atoms with Crippen molar-refractivity contribution in [1.82, 2.24) is 15.0 Å². The number of hydrogen-bond acceptors (Lipinski definition) is 3. The van der Waals surface area contributed by atoms with Crippen molar-refractivity contribution in [3.63, 3.8) is 0 Å². The van der Waals surface area contributed by atoms with Gasteiger partial charge in [-0.05, 0) is 49.9 Å². The predicted octanol–water partition coefficient (Wildman–Crippen LogP) is 8.85. The molecule has 1 heterocycles. The fourth-order valence-corrected chi connectivity index (χ4v) is 5.33. The monoisotopic (exact) mass is 485 g/mol. The Balaban J connectivity index is 1.46. The smallest absolute Gasteiger partial charge is 0.163 e. The van der Waals surface area contributed by atoms with Crippen molar-refractivity contribution >= 4 is 21.5 Å². The highest BCUT2D eigenvalue weighted by molar-refractivity contribution is 6.21. The van der Waals surface area contributed by atoms with Gasteiger partial charge in [0.05, 0.1) is 0 Å². The molecule has 3 nitrogen and oxygen atoms in total. The van der Waals surface area contributed by atoms with Crippen LogP contribution in [0.3, 0.4) is 0 Å². The molecule has 6 aromatic carbocycles. The second kappa shape index (κ2) is 9.38. The molecule has 0 radical (unpaired) electrons. The third kappa shape index (κ3) is 3.82. The van der Waals surface area contributed by atoms with Crippen molar-refractivity contribution < 1.29 is 0 Å². The number of hydrogen-bond donors (Lipinski definition) is 0. The minimum absolute atomic E-state index is 0.662. The van der Waals surface area contributed by atoms with Crippen LogP contribution in [-0.4, -0.2) is 15.0 Å². The fourth-order valence-electron chi connectivity index (χ4n) is 5.33. The molecule has 0 aliphatic heterocycles. The van der Waals surface area contributed by atoms with Crippen LogP contribution in [0, 0.1) is 0 Å². The lowest BCUT2D eigenvalue weighted by Crippen LogP contribution is -1.95. The molecule has 0 saturated carbocycles. The summed E-state index contributed by atoms with van der Waals surface area (Å²) in [5, 5.41) is 4.93. The van der Waals surface area contributed by atoms with Gasteiger partial charge in [0, 0.05) is 11.1 Å². The Morgan fingerprint density at radius 2 is 0.763 bits per heavy atom. The maximum absolute atomic E-state index is 4.80. The summed E-state index contributed by atoms with van der Waals surface area (Å²) in [5.41, 5.74) is 6.77. The van der Waals surface area contributed by atoms with Crippen LogP contribution < -0.4 is 0 Å². The summed E-state index contributed by atoms with van der Waals surface area (Å²) in [7, 11) is 0. The first-order valence-electron chi connectivity index (χ1n) is 12.7. The van der Waals surface area contributed by atoms with Crippen LogP contribution in [0.2, 0.25) is 0 Å². The SMILES string of the molecule is c1ccc(-c2ncnc(-c3cccc(-c4c5ccccc5c(-c5ccccc5)c5ccccc45)c3)n2)cc1. The molecule has 0 aliphatic carbocycles. The van der Waals surface area contributed by atoms with Crippen LogP contribution in [0.1, 0.15) is 0 Å². The second-order valence-electron chi connectivity index (χ2n) is 9.29.